The first-order valence-electron chi connectivity index (χ1n) is 10.0. The van der Waals surface area contributed by atoms with Gasteiger partial charge >= 0.3 is 6.09 Å². The van der Waals surface area contributed by atoms with E-state index in [1.165, 1.54) is 4.90 Å². The summed E-state index contributed by atoms with van der Waals surface area (Å²) in [6.45, 7) is 6.33. The van der Waals surface area contributed by atoms with Gasteiger partial charge in [0.05, 0.1) is 24.1 Å². The first kappa shape index (κ1) is 23.5. The Bertz CT molecular complexity index is 904. The van der Waals surface area contributed by atoms with E-state index in [0.717, 1.165) is 17.7 Å². The largest absolute Gasteiger partial charge is 0.486 e. The van der Waals surface area contributed by atoms with Gasteiger partial charge in [-0.3, -0.25) is 0 Å². The average Bonchev–Trinajstić information content (AvgIpc) is 2.73. The van der Waals surface area contributed by atoms with E-state index in [2.05, 4.69) is 15.9 Å². The standard InChI is InChI=1S/C23H26BrF2NO4/c1-23(2,3)31-22(28)27-9-10-29-20(13-27)21(24)16-11-18(26)19(12-17(16)25)30-14-15-7-5-4-6-8-15/h4-8,11-12,20-21H,9-10,13-14H2,1-3H3/t20?,21-/m0/s1. The van der Waals surface area contributed by atoms with Crippen molar-refractivity contribution in [3.63, 3.8) is 0 Å². The fourth-order valence-corrected chi connectivity index (χ4v) is 3.82. The summed E-state index contributed by atoms with van der Waals surface area (Å²) in [4.78, 5) is 13.2. The van der Waals surface area contributed by atoms with Crippen molar-refractivity contribution in [1.29, 1.82) is 0 Å². The van der Waals surface area contributed by atoms with Crippen molar-refractivity contribution in [2.45, 2.75) is 43.9 Å². The molecule has 3 rings (SSSR count). The number of rotatable bonds is 5. The lowest BCUT2D eigenvalue weighted by atomic mass is 10.0. The van der Waals surface area contributed by atoms with Crippen LogP contribution in [0.4, 0.5) is 13.6 Å². The molecular formula is C23H26BrF2NO4. The quantitative estimate of drug-likeness (QED) is 0.503. The van der Waals surface area contributed by atoms with Crippen LogP contribution in [0, 0.1) is 11.6 Å². The van der Waals surface area contributed by atoms with Crippen LogP contribution >= 0.6 is 15.9 Å². The highest BCUT2D eigenvalue weighted by atomic mass is 79.9. The minimum Gasteiger partial charge on any atom is -0.486 e. The molecule has 1 heterocycles. The van der Waals surface area contributed by atoms with Crippen molar-refractivity contribution in [2.75, 3.05) is 19.7 Å². The fourth-order valence-electron chi connectivity index (χ4n) is 3.15. The van der Waals surface area contributed by atoms with Gasteiger partial charge in [-0.05, 0) is 32.4 Å². The number of hydrogen-bond donors (Lipinski definition) is 0. The third-order valence-electron chi connectivity index (χ3n) is 4.66. The van der Waals surface area contributed by atoms with Crippen LogP contribution in [-0.2, 0) is 16.1 Å². The van der Waals surface area contributed by atoms with Crippen LogP contribution in [0.2, 0.25) is 0 Å². The average molecular weight is 498 g/mol. The van der Waals surface area contributed by atoms with Crippen molar-refractivity contribution >= 4 is 22.0 Å². The molecular weight excluding hydrogens is 472 g/mol. The Labute approximate surface area is 189 Å². The zero-order chi connectivity index (χ0) is 22.6. The van der Waals surface area contributed by atoms with Crippen molar-refractivity contribution in [3.05, 3.63) is 65.2 Å². The van der Waals surface area contributed by atoms with E-state index in [4.69, 9.17) is 14.2 Å². The second-order valence-corrected chi connectivity index (χ2v) is 9.30. The van der Waals surface area contributed by atoms with Crippen LogP contribution in [-0.4, -0.2) is 42.4 Å². The van der Waals surface area contributed by atoms with Gasteiger partial charge in [0, 0.05) is 18.2 Å². The zero-order valence-electron chi connectivity index (χ0n) is 17.7. The molecule has 2 aromatic carbocycles. The van der Waals surface area contributed by atoms with E-state index in [-0.39, 0.29) is 31.1 Å². The molecule has 1 saturated heterocycles. The molecule has 5 nitrogen and oxygen atoms in total. The maximum absolute atomic E-state index is 14.8. The smallest absolute Gasteiger partial charge is 0.410 e. The minimum atomic E-state index is -0.670. The van der Waals surface area contributed by atoms with Gasteiger partial charge in [0.15, 0.2) is 11.6 Å². The maximum atomic E-state index is 14.8. The highest BCUT2D eigenvalue weighted by Gasteiger charge is 2.33. The third-order valence-corrected chi connectivity index (χ3v) is 5.74. The summed E-state index contributed by atoms with van der Waals surface area (Å²) in [5.74, 6) is -1.45. The lowest BCUT2D eigenvalue weighted by molar-refractivity contribution is -0.0421. The number of nitrogens with zero attached hydrogens (tertiary/aromatic N) is 1. The van der Waals surface area contributed by atoms with Crippen molar-refractivity contribution in [1.82, 2.24) is 4.90 Å². The summed E-state index contributed by atoms with van der Waals surface area (Å²) in [5, 5.41) is 0. The predicted octanol–water partition coefficient (Wildman–Crippen LogP) is 5.62. The first-order valence-corrected chi connectivity index (χ1v) is 10.9. The second kappa shape index (κ2) is 9.96. The van der Waals surface area contributed by atoms with Gasteiger partial charge in [0.1, 0.15) is 18.0 Å². The van der Waals surface area contributed by atoms with Gasteiger partial charge in [0.25, 0.3) is 0 Å². The van der Waals surface area contributed by atoms with Crippen LogP contribution < -0.4 is 4.74 Å². The Morgan fingerprint density at radius 1 is 1.23 bits per heavy atom. The van der Waals surface area contributed by atoms with Crippen LogP contribution in [0.3, 0.4) is 0 Å². The number of halogens is 3. The molecule has 31 heavy (non-hydrogen) atoms. The van der Waals surface area contributed by atoms with Gasteiger partial charge in [0.2, 0.25) is 0 Å². The van der Waals surface area contributed by atoms with E-state index in [0.29, 0.717) is 6.54 Å². The summed E-state index contributed by atoms with van der Waals surface area (Å²) in [6, 6.07) is 11.4. The van der Waals surface area contributed by atoms with Crippen molar-refractivity contribution in [3.8, 4) is 5.75 Å². The molecule has 1 aliphatic rings. The molecule has 2 aromatic rings. The van der Waals surface area contributed by atoms with Crippen LogP contribution in [0.5, 0.6) is 5.75 Å². The third kappa shape index (κ3) is 6.40. The number of carbonyl (C=O) groups is 1. The highest BCUT2D eigenvalue weighted by Crippen LogP contribution is 2.35. The van der Waals surface area contributed by atoms with E-state index in [1.54, 1.807) is 20.8 Å². The molecule has 1 amide bonds. The van der Waals surface area contributed by atoms with Gasteiger partial charge in [-0.25, -0.2) is 13.6 Å². The molecule has 0 bridgehead atoms. The molecule has 1 aliphatic heterocycles. The molecule has 0 radical (unpaired) electrons. The number of amides is 1. The molecule has 1 fully saturated rings. The Balaban J connectivity index is 1.68. The highest BCUT2D eigenvalue weighted by molar-refractivity contribution is 9.09. The molecule has 168 valence electrons. The topological polar surface area (TPSA) is 48.0 Å². The summed E-state index contributed by atoms with van der Waals surface area (Å²) in [7, 11) is 0. The van der Waals surface area contributed by atoms with Crippen LogP contribution in [0.25, 0.3) is 0 Å². The van der Waals surface area contributed by atoms with Crippen LogP contribution in [0.1, 0.15) is 36.7 Å². The van der Waals surface area contributed by atoms with Crippen molar-refractivity contribution in [2.24, 2.45) is 0 Å². The molecule has 8 heteroatoms. The Hall–Kier alpha value is -2.19. The van der Waals surface area contributed by atoms with Gasteiger partial charge in [-0.15, -0.1) is 0 Å². The first-order chi connectivity index (χ1) is 14.6. The van der Waals surface area contributed by atoms with E-state index >= 15 is 0 Å². The molecule has 0 N–H and O–H groups in total. The SMILES string of the molecule is CC(C)(C)OC(=O)N1CCOC([C@@H](Br)c2cc(F)c(OCc3ccccc3)cc2F)C1. The number of morpholine rings is 1. The second-order valence-electron chi connectivity index (χ2n) is 8.32. The van der Waals surface area contributed by atoms with Crippen molar-refractivity contribution < 1.29 is 27.8 Å². The monoisotopic (exact) mass is 497 g/mol. The molecule has 1 unspecified atom stereocenters. The molecule has 0 spiro atoms. The number of hydrogen-bond acceptors (Lipinski definition) is 4. The lowest BCUT2D eigenvalue weighted by Crippen LogP contribution is -2.48. The summed E-state index contributed by atoms with van der Waals surface area (Å²) < 4.78 is 46.0. The molecule has 0 aromatic heterocycles. The lowest BCUT2D eigenvalue weighted by Gasteiger charge is -2.36. The Morgan fingerprint density at radius 2 is 1.94 bits per heavy atom. The maximum Gasteiger partial charge on any atom is 0.410 e. The number of alkyl halides is 1. The molecule has 0 saturated carbocycles. The Kier molecular flexibility index (Phi) is 7.54. The van der Waals surface area contributed by atoms with E-state index in [9.17, 15) is 13.6 Å². The summed E-state index contributed by atoms with van der Waals surface area (Å²) >= 11 is 3.42. The predicted molar refractivity (Wildman–Crippen MR) is 116 cm³/mol. The number of ether oxygens (including phenoxy) is 3. The van der Waals surface area contributed by atoms with Crippen LogP contribution in [0.15, 0.2) is 42.5 Å². The minimum absolute atomic E-state index is 0.0978. The van der Waals surface area contributed by atoms with Gasteiger partial charge in [-0.2, -0.15) is 0 Å². The summed E-state index contributed by atoms with van der Waals surface area (Å²) in [5.41, 5.74) is 0.326. The molecule has 0 aliphatic carbocycles. The van der Waals surface area contributed by atoms with Gasteiger partial charge in [-0.1, -0.05) is 46.3 Å². The summed E-state index contributed by atoms with van der Waals surface area (Å²) in [6.07, 6.45) is -1.02. The van der Waals surface area contributed by atoms with Gasteiger partial charge < -0.3 is 19.1 Å². The van der Waals surface area contributed by atoms with E-state index < -0.39 is 34.3 Å². The fraction of sp³-hybridized carbons (Fsp3) is 0.435. The Morgan fingerprint density at radius 3 is 2.61 bits per heavy atom. The zero-order valence-corrected chi connectivity index (χ0v) is 19.3. The number of benzene rings is 2. The normalized spacial score (nSPS) is 17.9. The number of carbonyl (C=O) groups excluding carboxylic acids is 1. The molecule has 2 atom stereocenters. The van der Waals surface area contributed by atoms with E-state index in [1.807, 2.05) is 30.3 Å².